The van der Waals surface area contributed by atoms with Gasteiger partial charge in [0, 0.05) is 41.3 Å². The third kappa shape index (κ3) is 5.28. The lowest BCUT2D eigenvalue weighted by Crippen LogP contribution is -2.25. The fourth-order valence-corrected chi connectivity index (χ4v) is 2.07. The molecule has 0 aliphatic carbocycles. The SMILES string of the molecule is COC(C[C@@H](C[C@H](OC)c1ccccc1)OC)OC. The maximum Gasteiger partial charge on any atom is 0.159 e. The summed E-state index contributed by atoms with van der Waals surface area (Å²) in [6, 6.07) is 10.1. The van der Waals surface area contributed by atoms with E-state index < -0.39 is 0 Å². The standard InChI is InChI=1S/C15H24O4/c1-16-13(11-15(18-3)19-4)10-14(17-2)12-8-6-5-7-9-12/h5-9,13-15H,10-11H2,1-4H3/t13-,14+/m1/s1. The molecule has 1 rings (SSSR count). The molecule has 4 heteroatoms. The minimum Gasteiger partial charge on any atom is -0.381 e. The lowest BCUT2D eigenvalue weighted by Gasteiger charge is -2.24. The molecule has 0 aliphatic rings. The van der Waals surface area contributed by atoms with Crippen LogP contribution in [0.3, 0.4) is 0 Å². The molecule has 0 radical (unpaired) electrons. The molecule has 0 saturated carbocycles. The van der Waals surface area contributed by atoms with Crippen LogP contribution >= 0.6 is 0 Å². The van der Waals surface area contributed by atoms with Gasteiger partial charge in [-0.05, 0) is 5.56 Å². The van der Waals surface area contributed by atoms with Crippen LogP contribution in [0, 0.1) is 0 Å². The van der Waals surface area contributed by atoms with E-state index in [4.69, 9.17) is 18.9 Å². The van der Waals surface area contributed by atoms with Gasteiger partial charge in [0.2, 0.25) is 0 Å². The van der Waals surface area contributed by atoms with E-state index in [1.807, 2.05) is 18.2 Å². The Labute approximate surface area is 115 Å². The molecule has 1 aromatic carbocycles. The number of rotatable bonds is 9. The summed E-state index contributed by atoms with van der Waals surface area (Å²) in [6.07, 6.45) is 1.23. The van der Waals surface area contributed by atoms with Crippen molar-refractivity contribution in [2.24, 2.45) is 0 Å². The predicted octanol–water partition coefficient (Wildman–Crippen LogP) is 2.79. The van der Waals surface area contributed by atoms with Crippen LogP contribution in [0.1, 0.15) is 24.5 Å². The normalized spacial score (nSPS) is 14.6. The first-order chi connectivity index (χ1) is 9.24. The second-order valence-corrected chi connectivity index (χ2v) is 4.37. The van der Waals surface area contributed by atoms with Crippen LogP contribution in [0.2, 0.25) is 0 Å². The third-order valence-corrected chi connectivity index (χ3v) is 3.25. The van der Waals surface area contributed by atoms with E-state index in [2.05, 4.69) is 12.1 Å². The van der Waals surface area contributed by atoms with Gasteiger partial charge in [-0.2, -0.15) is 0 Å². The second-order valence-electron chi connectivity index (χ2n) is 4.37. The summed E-state index contributed by atoms with van der Waals surface area (Å²) in [5, 5.41) is 0. The minimum absolute atomic E-state index is 0.0144. The van der Waals surface area contributed by atoms with E-state index in [1.54, 1.807) is 28.4 Å². The van der Waals surface area contributed by atoms with E-state index in [1.165, 1.54) is 0 Å². The Balaban J connectivity index is 2.62. The zero-order valence-corrected chi connectivity index (χ0v) is 12.2. The molecule has 0 aliphatic heterocycles. The molecule has 4 nitrogen and oxygen atoms in total. The Bertz CT molecular complexity index is 324. The predicted molar refractivity (Wildman–Crippen MR) is 74.0 cm³/mol. The summed E-state index contributed by atoms with van der Waals surface area (Å²) in [7, 11) is 6.68. The highest BCUT2D eigenvalue weighted by atomic mass is 16.7. The Morgan fingerprint density at radius 3 is 1.89 bits per heavy atom. The number of ether oxygens (including phenoxy) is 4. The first kappa shape index (κ1) is 16.1. The van der Waals surface area contributed by atoms with Crippen molar-refractivity contribution >= 4 is 0 Å². The van der Waals surface area contributed by atoms with Crippen molar-refractivity contribution in [2.75, 3.05) is 28.4 Å². The van der Waals surface area contributed by atoms with Crippen molar-refractivity contribution in [2.45, 2.75) is 31.3 Å². The van der Waals surface area contributed by atoms with Crippen LogP contribution in [-0.4, -0.2) is 40.8 Å². The Morgan fingerprint density at radius 1 is 0.789 bits per heavy atom. The largest absolute Gasteiger partial charge is 0.381 e. The molecule has 0 N–H and O–H groups in total. The van der Waals surface area contributed by atoms with E-state index in [9.17, 15) is 0 Å². The molecule has 0 amide bonds. The average molecular weight is 268 g/mol. The lowest BCUT2D eigenvalue weighted by atomic mass is 10.0. The molecule has 0 fully saturated rings. The maximum atomic E-state index is 5.56. The summed E-state index contributed by atoms with van der Waals surface area (Å²) >= 11 is 0. The molecule has 0 heterocycles. The minimum atomic E-state index is -0.252. The molecule has 19 heavy (non-hydrogen) atoms. The number of hydrogen-bond acceptors (Lipinski definition) is 4. The van der Waals surface area contributed by atoms with E-state index in [0.29, 0.717) is 6.42 Å². The van der Waals surface area contributed by atoms with Crippen LogP contribution in [0.25, 0.3) is 0 Å². The molecule has 2 atom stereocenters. The molecule has 1 aromatic rings. The van der Waals surface area contributed by atoms with E-state index in [-0.39, 0.29) is 18.5 Å². The quantitative estimate of drug-likeness (QED) is 0.645. The fourth-order valence-electron chi connectivity index (χ4n) is 2.07. The van der Waals surface area contributed by atoms with Gasteiger partial charge in [-0.15, -0.1) is 0 Å². The molecule has 0 unspecified atom stereocenters. The zero-order valence-electron chi connectivity index (χ0n) is 12.2. The zero-order chi connectivity index (χ0) is 14.1. The average Bonchev–Trinajstić information content (AvgIpc) is 2.48. The summed E-state index contributed by atoms with van der Waals surface area (Å²) in [6.45, 7) is 0. The van der Waals surface area contributed by atoms with Gasteiger partial charge >= 0.3 is 0 Å². The smallest absolute Gasteiger partial charge is 0.159 e. The molecule has 0 spiro atoms. The van der Waals surface area contributed by atoms with Gasteiger partial charge < -0.3 is 18.9 Å². The van der Waals surface area contributed by atoms with Gasteiger partial charge in [0.05, 0.1) is 12.2 Å². The molecule has 0 bridgehead atoms. The fraction of sp³-hybridized carbons (Fsp3) is 0.600. The lowest BCUT2D eigenvalue weighted by molar-refractivity contribution is -0.130. The van der Waals surface area contributed by atoms with Crippen LogP contribution in [0.15, 0.2) is 30.3 Å². The summed E-state index contributed by atoms with van der Waals surface area (Å²) in [5.41, 5.74) is 1.15. The molecule has 108 valence electrons. The molecular weight excluding hydrogens is 244 g/mol. The molecular formula is C15H24O4. The van der Waals surface area contributed by atoms with Crippen LogP contribution in [0.4, 0.5) is 0 Å². The van der Waals surface area contributed by atoms with E-state index >= 15 is 0 Å². The van der Waals surface area contributed by atoms with Gasteiger partial charge in [-0.3, -0.25) is 0 Å². The highest BCUT2D eigenvalue weighted by Gasteiger charge is 2.21. The number of methoxy groups -OCH3 is 4. The van der Waals surface area contributed by atoms with Crippen molar-refractivity contribution in [1.29, 1.82) is 0 Å². The molecule has 0 saturated heterocycles. The second kappa shape index (κ2) is 9.04. The van der Waals surface area contributed by atoms with Crippen LogP contribution < -0.4 is 0 Å². The van der Waals surface area contributed by atoms with Crippen molar-refractivity contribution in [1.82, 2.24) is 0 Å². The topological polar surface area (TPSA) is 36.9 Å². The Morgan fingerprint density at radius 2 is 1.42 bits per heavy atom. The van der Waals surface area contributed by atoms with Crippen LogP contribution in [-0.2, 0) is 18.9 Å². The first-order valence-corrected chi connectivity index (χ1v) is 6.41. The van der Waals surface area contributed by atoms with Crippen molar-refractivity contribution in [3.63, 3.8) is 0 Å². The summed E-state index contributed by atoms with van der Waals surface area (Å²) in [4.78, 5) is 0. The highest BCUT2D eigenvalue weighted by Crippen LogP contribution is 2.25. The first-order valence-electron chi connectivity index (χ1n) is 6.41. The van der Waals surface area contributed by atoms with Gasteiger partial charge in [0.25, 0.3) is 0 Å². The van der Waals surface area contributed by atoms with Crippen molar-refractivity contribution < 1.29 is 18.9 Å². The maximum absolute atomic E-state index is 5.56. The Kier molecular flexibility index (Phi) is 7.67. The summed E-state index contributed by atoms with van der Waals surface area (Å²) in [5.74, 6) is 0. The summed E-state index contributed by atoms with van der Waals surface area (Å²) < 4.78 is 21.5. The third-order valence-electron chi connectivity index (χ3n) is 3.25. The van der Waals surface area contributed by atoms with Gasteiger partial charge in [0.1, 0.15) is 0 Å². The Hall–Kier alpha value is -0.940. The van der Waals surface area contributed by atoms with E-state index in [0.717, 1.165) is 12.0 Å². The van der Waals surface area contributed by atoms with Gasteiger partial charge in [0.15, 0.2) is 6.29 Å². The van der Waals surface area contributed by atoms with Gasteiger partial charge in [-0.25, -0.2) is 0 Å². The monoisotopic (exact) mass is 268 g/mol. The van der Waals surface area contributed by atoms with Crippen molar-refractivity contribution in [3.8, 4) is 0 Å². The highest BCUT2D eigenvalue weighted by molar-refractivity contribution is 5.17. The van der Waals surface area contributed by atoms with Crippen LogP contribution in [0.5, 0.6) is 0 Å². The van der Waals surface area contributed by atoms with Gasteiger partial charge in [-0.1, -0.05) is 30.3 Å². The number of hydrogen-bond donors (Lipinski definition) is 0. The van der Waals surface area contributed by atoms with Crippen molar-refractivity contribution in [3.05, 3.63) is 35.9 Å². The molecule has 0 aromatic heterocycles. The number of benzene rings is 1.